The van der Waals surface area contributed by atoms with Gasteiger partial charge in [0, 0.05) is 48.7 Å². The minimum Gasteiger partial charge on any atom is -0.417 e. The van der Waals surface area contributed by atoms with E-state index < -0.39 is 12.4 Å². The third-order valence-corrected chi connectivity index (χ3v) is 6.76. The fourth-order valence-electron chi connectivity index (χ4n) is 5.06. The Kier molecular flexibility index (Phi) is 5.97. The maximum Gasteiger partial charge on any atom is 0.388 e. The molecule has 1 aromatic carbocycles. The van der Waals surface area contributed by atoms with Crippen molar-refractivity contribution in [2.24, 2.45) is 0 Å². The van der Waals surface area contributed by atoms with Gasteiger partial charge in [-0.2, -0.15) is 8.78 Å². The van der Waals surface area contributed by atoms with Crippen LogP contribution in [0.15, 0.2) is 47.4 Å². The number of aromatic nitrogens is 2. The molecule has 0 bridgehead atoms. The molecule has 0 spiro atoms. The first-order chi connectivity index (χ1) is 16.0. The molecule has 1 unspecified atom stereocenters. The number of ether oxygens (including phenoxy) is 1. The highest BCUT2D eigenvalue weighted by molar-refractivity contribution is 5.81. The average molecular weight is 458 g/mol. The van der Waals surface area contributed by atoms with Crippen LogP contribution in [-0.4, -0.2) is 53.7 Å². The molecule has 0 saturated carbocycles. The van der Waals surface area contributed by atoms with Crippen LogP contribution >= 0.6 is 0 Å². The van der Waals surface area contributed by atoms with Crippen molar-refractivity contribution < 1.29 is 17.9 Å². The van der Waals surface area contributed by atoms with E-state index in [1.165, 1.54) is 18.2 Å². The summed E-state index contributed by atoms with van der Waals surface area (Å²) >= 11 is 0. The summed E-state index contributed by atoms with van der Waals surface area (Å²) in [6.45, 7) is 0.704. The first kappa shape index (κ1) is 21.8. The van der Waals surface area contributed by atoms with Crippen LogP contribution in [0.5, 0.6) is 5.88 Å². The third kappa shape index (κ3) is 4.68. The number of anilines is 1. The number of alkyl halides is 2. The number of piperidine rings is 1. The Labute approximate surface area is 189 Å². The lowest BCUT2D eigenvalue weighted by atomic mass is 10.0. The van der Waals surface area contributed by atoms with E-state index in [-0.39, 0.29) is 17.4 Å². The topological polar surface area (TPSA) is 61.5 Å². The highest BCUT2D eigenvalue weighted by Crippen LogP contribution is 2.31. The number of pyridine rings is 2. The molecule has 0 aliphatic carbocycles. The van der Waals surface area contributed by atoms with E-state index in [9.17, 15) is 18.0 Å². The van der Waals surface area contributed by atoms with Crippen molar-refractivity contribution in [1.29, 1.82) is 0 Å². The highest BCUT2D eigenvalue weighted by Gasteiger charge is 2.32. The highest BCUT2D eigenvalue weighted by atomic mass is 19.3. The fourth-order valence-corrected chi connectivity index (χ4v) is 5.06. The largest absolute Gasteiger partial charge is 0.417 e. The molecule has 9 heteroatoms. The van der Waals surface area contributed by atoms with Crippen LogP contribution in [0.1, 0.15) is 30.9 Å². The number of hydrogen-bond acceptors (Lipinski definition) is 5. The van der Waals surface area contributed by atoms with E-state index in [0.717, 1.165) is 62.2 Å². The molecular formula is C24H25F3N4O2. The Balaban J connectivity index is 1.19. The molecule has 2 aliphatic rings. The lowest BCUT2D eigenvalue weighted by Crippen LogP contribution is -2.44. The SMILES string of the molecule is O=c1[nH]c(C2CCN(C3CCN(c4ccc(OC(F)F)nc4)CC3)C2)cc2ccc(F)cc12. The molecule has 2 aliphatic heterocycles. The number of halogens is 3. The summed E-state index contributed by atoms with van der Waals surface area (Å²) in [5.41, 5.74) is 1.57. The quantitative estimate of drug-likeness (QED) is 0.623. The van der Waals surface area contributed by atoms with E-state index in [0.29, 0.717) is 11.4 Å². The molecule has 3 aromatic rings. The molecule has 2 fully saturated rings. The van der Waals surface area contributed by atoms with Gasteiger partial charge in [0.05, 0.1) is 11.9 Å². The number of rotatable bonds is 5. The predicted molar refractivity (Wildman–Crippen MR) is 120 cm³/mol. The molecule has 1 N–H and O–H groups in total. The van der Waals surface area contributed by atoms with Gasteiger partial charge in [-0.25, -0.2) is 9.37 Å². The monoisotopic (exact) mass is 458 g/mol. The van der Waals surface area contributed by atoms with E-state index >= 15 is 0 Å². The van der Waals surface area contributed by atoms with Crippen LogP contribution in [0.4, 0.5) is 18.9 Å². The Morgan fingerprint density at radius 1 is 1.06 bits per heavy atom. The molecular weight excluding hydrogens is 433 g/mol. The van der Waals surface area contributed by atoms with Gasteiger partial charge in [-0.3, -0.25) is 9.69 Å². The number of aromatic amines is 1. The van der Waals surface area contributed by atoms with Crippen LogP contribution in [-0.2, 0) is 0 Å². The van der Waals surface area contributed by atoms with Gasteiger partial charge in [0.25, 0.3) is 5.56 Å². The van der Waals surface area contributed by atoms with E-state index in [1.54, 1.807) is 18.3 Å². The average Bonchev–Trinajstić information content (AvgIpc) is 3.30. The third-order valence-electron chi connectivity index (χ3n) is 6.76. The molecule has 0 radical (unpaired) electrons. The number of likely N-dealkylation sites (tertiary alicyclic amines) is 1. The Morgan fingerprint density at radius 2 is 1.88 bits per heavy atom. The van der Waals surface area contributed by atoms with Gasteiger partial charge < -0.3 is 14.6 Å². The molecule has 4 heterocycles. The molecule has 6 nitrogen and oxygen atoms in total. The summed E-state index contributed by atoms with van der Waals surface area (Å²) in [6.07, 6.45) is 4.54. The molecule has 174 valence electrons. The maximum atomic E-state index is 13.5. The Bertz CT molecular complexity index is 1180. The van der Waals surface area contributed by atoms with Crippen molar-refractivity contribution in [3.63, 3.8) is 0 Å². The summed E-state index contributed by atoms with van der Waals surface area (Å²) in [6, 6.07) is 9.99. The number of hydrogen-bond donors (Lipinski definition) is 1. The van der Waals surface area contributed by atoms with Gasteiger partial charge in [0.1, 0.15) is 5.82 Å². The maximum absolute atomic E-state index is 13.5. The number of nitrogens with zero attached hydrogens (tertiary/aromatic N) is 3. The van der Waals surface area contributed by atoms with Crippen molar-refractivity contribution in [3.05, 3.63) is 64.5 Å². The van der Waals surface area contributed by atoms with Crippen molar-refractivity contribution in [2.75, 3.05) is 31.1 Å². The van der Waals surface area contributed by atoms with E-state index in [4.69, 9.17) is 0 Å². The summed E-state index contributed by atoms with van der Waals surface area (Å²) in [4.78, 5) is 24.1. The van der Waals surface area contributed by atoms with Crippen molar-refractivity contribution in [2.45, 2.75) is 37.8 Å². The standard InChI is InChI=1S/C24H25F3N4O2/c25-17-2-1-15-11-21(29-23(32)20(15)12-17)16-5-8-31(14-16)18-6-9-30(10-7-18)19-3-4-22(28-13-19)33-24(26)27/h1-4,11-13,16,18,24H,5-10,14H2,(H,29,32). The Morgan fingerprint density at radius 3 is 2.61 bits per heavy atom. The molecule has 33 heavy (non-hydrogen) atoms. The van der Waals surface area contributed by atoms with Gasteiger partial charge in [-0.05, 0) is 55.5 Å². The van der Waals surface area contributed by atoms with Gasteiger partial charge in [0.2, 0.25) is 5.88 Å². The smallest absolute Gasteiger partial charge is 0.388 e. The lowest BCUT2D eigenvalue weighted by molar-refractivity contribution is -0.0528. The van der Waals surface area contributed by atoms with Crippen molar-refractivity contribution in [1.82, 2.24) is 14.9 Å². The van der Waals surface area contributed by atoms with Crippen molar-refractivity contribution in [3.8, 4) is 5.88 Å². The zero-order chi connectivity index (χ0) is 22.9. The molecule has 2 saturated heterocycles. The molecule has 0 amide bonds. The molecule has 5 rings (SSSR count). The van der Waals surface area contributed by atoms with Gasteiger partial charge in [-0.15, -0.1) is 0 Å². The zero-order valence-corrected chi connectivity index (χ0v) is 18.0. The van der Waals surface area contributed by atoms with Gasteiger partial charge in [0.15, 0.2) is 0 Å². The first-order valence-electron chi connectivity index (χ1n) is 11.2. The lowest BCUT2D eigenvalue weighted by Gasteiger charge is -2.37. The fraction of sp³-hybridized carbons (Fsp3) is 0.417. The van der Waals surface area contributed by atoms with E-state index in [2.05, 4.69) is 24.5 Å². The number of benzene rings is 1. The number of nitrogens with one attached hydrogen (secondary N) is 1. The van der Waals surface area contributed by atoms with Crippen LogP contribution in [0.2, 0.25) is 0 Å². The second kappa shape index (κ2) is 9.05. The zero-order valence-electron chi connectivity index (χ0n) is 18.0. The van der Waals surface area contributed by atoms with Crippen molar-refractivity contribution >= 4 is 16.5 Å². The summed E-state index contributed by atoms with van der Waals surface area (Å²) < 4.78 is 42.4. The minimum absolute atomic E-state index is 0.0800. The second-order valence-corrected chi connectivity index (χ2v) is 8.72. The summed E-state index contributed by atoms with van der Waals surface area (Å²) in [5, 5.41) is 1.14. The normalized spacial score (nSPS) is 20.1. The van der Waals surface area contributed by atoms with E-state index in [1.807, 2.05) is 6.07 Å². The van der Waals surface area contributed by atoms with Crippen LogP contribution in [0.3, 0.4) is 0 Å². The molecule has 2 aromatic heterocycles. The first-order valence-corrected chi connectivity index (χ1v) is 11.2. The second-order valence-electron chi connectivity index (χ2n) is 8.72. The van der Waals surface area contributed by atoms with Crippen LogP contribution in [0, 0.1) is 5.82 Å². The Hall–Kier alpha value is -3.07. The van der Waals surface area contributed by atoms with Crippen LogP contribution < -0.4 is 15.2 Å². The van der Waals surface area contributed by atoms with Gasteiger partial charge >= 0.3 is 6.61 Å². The predicted octanol–water partition coefficient (Wildman–Crippen LogP) is 4.12. The summed E-state index contributed by atoms with van der Waals surface area (Å²) in [5.74, 6) is -0.243. The van der Waals surface area contributed by atoms with Gasteiger partial charge in [-0.1, -0.05) is 6.07 Å². The minimum atomic E-state index is -2.88. The van der Waals surface area contributed by atoms with Crippen LogP contribution in [0.25, 0.3) is 10.8 Å². The number of H-pyrrole nitrogens is 1. The molecule has 1 atom stereocenters. The number of fused-ring (bicyclic) bond motifs is 1. The summed E-state index contributed by atoms with van der Waals surface area (Å²) in [7, 11) is 0.